The Morgan fingerprint density at radius 1 is 1.03 bits per heavy atom. The van der Waals surface area contributed by atoms with Crippen LogP contribution in [0, 0.1) is 11.3 Å². The largest absolute Gasteiger partial charge is 0.416 e. The van der Waals surface area contributed by atoms with Gasteiger partial charge in [0.05, 0.1) is 36.0 Å². The molecule has 0 saturated carbocycles. The standard InChI is InChI=1S/C28H22F3N5O3/c1-17-24(23-8-3-2-7-22(23)19-11-9-18(14-32)10-12-19)16-35(26(38)34-15-25(33)37)27(39)36(17)21-6-4-5-20(13-21)28(29,30)31/h2-13H,15-16H2,1H3,(H2,33,37)(H,34,38). The average molecular weight is 534 g/mol. The molecule has 4 rings (SSSR count). The van der Waals surface area contributed by atoms with Crippen molar-refractivity contribution in [3.8, 4) is 17.2 Å². The highest BCUT2D eigenvalue weighted by Gasteiger charge is 2.38. The van der Waals surface area contributed by atoms with Gasteiger partial charge < -0.3 is 11.1 Å². The van der Waals surface area contributed by atoms with Crippen LogP contribution in [-0.4, -0.2) is 36.0 Å². The van der Waals surface area contributed by atoms with E-state index in [4.69, 9.17) is 11.0 Å². The molecule has 3 N–H and O–H groups in total. The topological polar surface area (TPSA) is 120 Å². The van der Waals surface area contributed by atoms with E-state index in [1.807, 2.05) is 6.07 Å². The van der Waals surface area contributed by atoms with E-state index in [1.54, 1.807) is 49.4 Å². The lowest BCUT2D eigenvalue weighted by Crippen LogP contribution is -2.54. The molecule has 0 bridgehead atoms. The molecule has 0 atom stereocenters. The summed E-state index contributed by atoms with van der Waals surface area (Å²) < 4.78 is 40.5. The minimum atomic E-state index is -4.66. The number of nitrogens with one attached hydrogen (secondary N) is 1. The zero-order chi connectivity index (χ0) is 28.3. The van der Waals surface area contributed by atoms with Crippen LogP contribution < -0.4 is 16.0 Å². The van der Waals surface area contributed by atoms with Gasteiger partial charge in [0.2, 0.25) is 5.91 Å². The summed E-state index contributed by atoms with van der Waals surface area (Å²) >= 11 is 0. The Bertz CT molecular complexity index is 1520. The van der Waals surface area contributed by atoms with Crippen LogP contribution in [0.5, 0.6) is 0 Å². The summed E-state index contributed by atoms with van der Waals surface area (Å²) in [6, 6.07) is 18.4. The molecule has 8 nitrogen and oxygen atoms in total. The van der Waals surface area contributed by atoms with Gasteiger partial charge in [0.25, 0.3) is 0 Å². The summed E-state index contributed by atoms with van der Waals surface area (Å²) in [4.78, 5) is 39.5. The lowest BCUT2D eigenvalue weighted by Gasteiger charge is -2.37. The monoisotopic (exact) mass is 533 g/mol. The number of nitrogens with zero attached hydrogens (tertiary/aromatic N) is 3. The molecule has 198 valence electrons. The molecule has 39 heavy (non-hydrogen) atoms. The number of urea groups is 2. The fraction of sp³-hybridized carbons (Fsp3) is 0.143. The maximum absolute atomic E-state index is 13.5. The first-order chi connectivity index (χ1) is 18.5. The van der Waals surface area contributed by atoms with E-state index in [1.165, 1.54) is 12.1 Å². The number of amides is 5. The van der Waals surface area contributed by atoms with Crippen molar-refractivity contribution in [1.82, 2.24) is 10.2 Å². The van der Waals surface area contributed by atoms with Crippen molar-refractivity contribution in [3.05, 3.63) is 95.2 Å². The number of primary amides is 1. The molecular formula is C28H22F3N5O3. The maximum atomic E-state index is 13.5. The van der Waals surface area contributed by atoms with E-state index in [0.29, 0.717) is 28.0 Å². The number of anilines is 1. The fourth-order valence-corrected chi connectivity index (χ4v) is 4.28. The highest BCUT2D eigenvalue weighted by Crippen LogP contribution is 2.38. The van der Waals surface area contributed by atoms with Crippen LogP contribution in [0.3, 0.4) is 0 Å². The zero-order valence-electron chi connectivity index (χ0n) is 20.6. The molecule has 3 aromatic rings. The Morgan fingerprint density at radius 2 is 1.69 bits per heavy atom. The molecule has 1 aliphatic rings. The van der Waals surface area contributed by atoms with E-state index >= 15 is 0 Å². The number of rotatable bonds is 5. The Labute approximate surface area is 221 Å². The maximum Gasteiger partial charge on any atom is 0.416 e. The predicted octanol–water partition coefficient (Wildman–Crippen LogP) is 5.11. The zero-order valence-corrected chi connectivity index (χ0v) is 20.6. The van der Waals surface area contributed by atoms with Gasteiger partial charge in [-0.2, -0.15) is 18.4 Å². The molecule has 11 heteroatoms. The minimum absolute atomic E-state index is 0.0897. The number of halogens is 3. The van der Waals surface area contributed by atoms with Gasteiger partial charge in [0.1, 0.15) is 0 Å². The average Bonchev–Trinajstić information content (AvgIpc) is 2.92. The van der Waals surface area contributed by atoms with Gasteiger partial charge in [-0.15, -0.1) is 0 Å². The number of carbonyl (C=O) groups is 3. The smallest absolute Gasteiger partial charge is 0.368 e. The second-order valence-electron chi connectivity index (χ2n) is 8.68. The van der Waals surface area contributed by atoms with Gasteiger partial charge in [0.15, 0.2) is 0 Å². The van der Waals surface area contributed by atoms with E-state index < -0.39 is 36.3 Å². The van der Waals surface area contributed by atoms with Crippen LogP contribution in [0.4, 0.5) is 28.4 Å². The second kappa shape index (κ2) is 10.7. The number of hydrogen-bond acceptors (Lipinski definition) is 4. The lowest BCUT2D eigenvalue weighted by atomic mass is 9.91. The summed E-state index contributed by atoms with van der Waals surface area (Å²) in [5, 5.41) is 11.4. The number of hydrogen-bond donors (Lipinski definition) is 2. The molecule has 0 spiro atoms. The Hall–Kier alpha value is -5.11. The SMILES string of the molecule is CC1=C(c2ccccc2-c2ccc(C#N)cc2)CN(C(=O)NCC(N)=O)C(=O)N1c1cccc(C(F)(F)F)c1. The van der Waals surface area contributed by atoms with E-state index in [9.17, 15) is 27.6 Å². The van der Waals surface area contributed by atoms with Crippen molar-refractivity contribution in [3.63, 3.8) is 0 Å². The van der Waals surface area contributed by atoms with Crippen molar-refractivity contribution in [2.24, 2.45) is 5.73 Å². The highest BCUT2D eigenvalue weighted by molar-refractivity contribution is 6.09. The normalized spacial score (nSPS) is 13.8. The van der Waals surface area contributed by atoms with Crippen molar-refractivity contribution < 1.29 is 27.6 Å². The van der Waals surface area contributed by atoms with E-state index in [-0.39, 0.29) is 12.2 Å². The number of carbonyl (C=O) groups excluding carboxylic acids is 3. The number of imide groups is 1. The predicted molar refractivity (Wildman–Crippen MR) is 138 cm³/mol. The molecule has 1 heterocycles. The van der Waals surface area contributed by atoms with Gasteiger partial charge in [-0.05, 0) is 59.5 Å². The summed E-state index contributed by atoms with van der Waals surface area (Å²) in [6.07, 6.45) is -4.66. The molecule has 5 amide bonds. The van der Waals surface area contributed by atoms with Gasteiger partial charge in [-0.1, -0.05) is 42.5 Å². The number of alkyl halides is 3. The molecule has 0 fully saturated rings. The van der Waals surface area contributed by atoms with E-state index in [2.05, 4.69) is 11.4 Å². The Kier molecular flexibility index (Phi) is 7.40. The minimum Gasteiger partial charge on any atom is -0.368 e. The molecule has 1 aliphatic heterocycles. The van der Waals surface area contributed by atoms with E-state index in [0.717, 1.165) is 27.5 Å². The van der Waals surface area contributed by atoms with Crippen LogP contribution in [0.15, 0.2) is 78.5 Å². The second-order valence-corrected chi connectivity index (χ2v) is 8.68. The van der Waals surface area contributed by atoms with Crippen LogP contribution in [0.1, 0.15) is 23.6 Å². The van der Waals surface area contributed by atoms with Gasteiger partial charge in [-0.3, -0.25) is 9.69 Å². The third-order valence-electron chi connectivity index (χ3n) is 6.18. The van der Waals surface area contributed by atoms with Crippen molar-refractivity contribution in [2.75, 3.05) is 18.0 Å². The summed E-state index contributed by atoms with van der Waals surface area (Å²) in [6.45, 7) is 0.825. The summed E-state index contributed by atoms with van der Waals surface area (Å²) in [5.41, 5.74) is 7.42. The number of benzene rings is 3. The summed E-state index contributed by atoms with van der Waals surface area (Å²) in [7, 11) is 0. The molecular weight excluding hydrogens is 511 g/mol. The van der Waals surface area contributed by atoms with Crippen molar-refractivity contribution >= 4 is 29.2 Å². The first kappa shape index (κ1) is 26.9. The van der Waals surface area contributed by atoms with Crippen molar-refractivity contribution in [2.45, 2.75) is 13.1 Å². The first-order valence-electron chi connectivity index (χ1n) is 11.7. The van der Waals surface area contributed by atoms with Crippen LogP contribution in [-0.2, 0) is 11.0 Å². The molecule has 0 saturated heterocycles. The third kappa shape index (κ3) is 5.60. The molecule has 0 aromatic heterocycles. The quantitative estimate of drug-likeness (QED) is 0.474. The number of nitriles is 1. The van der Waals surface area contributed by atoms with Crippen molar-refractivity contribution in [1.29, 1.82) is 5.26 Å². The third-order valence-corrected chi connectivity index (χ3v) is 6.18. The van der Waals surface area contributed by atoms with Crippen LogP contribution in [0.25, 0.3) is 16.7 Å². The highest BCUT2D eigenvalue weighted by atomic mass is 19.4. The van der Waals surface area contributed by atoms with Crippen LogP contribution in [0.2, 0.25) is 0 Å². The molecule has 0 aliphatic carbocycles. The molecule has 3 aromatic carbocycles. The number of nitrogens with two attached hydrogens (primary N) is 1. The lowest BCUT2D eigenvalue weighted by molar-refractivity contribution is -0.137. The van der Waals surface area contributed by atoms with Gasteiger partial charge in [-0.25, -0.2) is 14.5 Å². The fourth-order valence-electron chi connectivity index (χ4n) is 4.28. The van der Waals surface area contributed by atoms with Gasteiger partial charge >= 0.3 is 18.2 Å². The summed E-state index contributed by atoms with van der Waals surface area (Å²) in [5.74, 6) is -0.833. The van der Waals surface area contributed by atoms with Gasteiger partial charge in [0, 0.05) is 5.70 Å². The molecule has 0 radical (unpaired) electrons. The molecule has 0 unspecified atom stereocenters. The van der Waals surface area contributed by atoms with Crippen LogP contribution >= 0.6 is 0 Å². The Balaban J connectivity index is 1.88. The first-order valence-corrected chi connectivity index (χ1v) is 11.7. The Morgan fingerprint density at radius 3 is 2.31 bits per heavy atom. The number of allylic oxidation sites excluding steroid dienone is 1.